The molecule has 1 aromatic carbocycles. The zero-order chi connectivity index (χ0) is 14.4. The molecule has 0 bridgehead atoms. The molecule has 0 aliphatic rings. The third-order valence-corrected chi connectivity index (χ3v) is 2.81. The van der Waals surface area contributed by atoms with E-state index in [4.69, 9.17) is 5.84 Å². The van der Waals surface area contributed by atoms with Gasteiger partial charge in [0.05, 0.1) is 12.4 Å². The highest BCUT2D eigenvalue weighted by atomic mass is 16.1. The molecule has 0 radical (unpaired) electrons. The van der Waals surface area contributed by atoms with Crippen LogP contribution in [0.3, 0.4) is 0 Å². The fourth-order valence-electron chi connectivity index (χ4n) is 1.80. The van der Waals surface area contributed by atoms with E-state index in [1.54, 1.807) is 0 Å². The maximum Gasteiger partial charge on any atom is 0.271 e. The molecule has 104 valence electrons. The van der Waals surface area contributed by atoms with Gasteiger partial charge in [-0.2, -0.15) is 0 Å². The number of nitrogen functional groups attached to an aromatic ring is 1. The predicted octanol–water partition coefficient (Wildman–Crippen LogP) is 1.04. The van der Waals surface area contributed by atoms with Gasteiger partial charge in [0, 0.05) is 6.54 Å². The molecule has 0 unspecified atom stereocenters. The Balaban J connectivity index is 1.85. The van der Waals surface area contributed by atoms with E-state index in [1.165, 1.54) is 23.5 Å². The van der Waals surface area contributed by atoms with E-state index >= 15 is 0 Å². The van der Waals surface area contributed by atoms with Crippen molar-refractivity contribution in [1.82, 2.24) is 15.3 Å². The molecule has 6 nitrogen and oxygen atoms in total. The van der Waals surface area contributed by atoms with E-state index in [9.17, 15) is 4.79 Å². The van der Waals surface area contributed by atoms with Crippen LogP contribution in [0.15, 0.2) is 36.7 Å². The van der Waals surface area contributed by atoms with Gasteiger partial charge in [0.1, 0.15) is 5.69 Å². The fraction of sp³-hybridized carbons (Fsp3) is 0.214. The number of hydrogen-bond donors (Lipinski definition) is 3. The van der Waals surface area contributed by atoms with Gasteiger partial charge in [0.2, 0.25) is 0 Å². The smallest absolute Gasteiger partial charge is 0.271 e. The second-order valence-electron chi connectivity index (χ2n) is 4.43. The molecule has 0 fully saturated rings. The summed E-state index contributed by atoms with van der Waals surface area (Å²) in [4.78, 5) is 19.7. The molecule has 20 heavy (non-hydrogen) atoms. The molecule has 0 spiro atoms. The lowest BCUT2D eigenvalue weighted by atomic mass is 10.1. The summed E-state index contributed by atoms with van der Waals surface area (Å²) in [5.41, 5.74) is 5.04. The number of hydrazine groups is 1. The van der Waals surface area contributed by atoms with Crippen molar-refractivity contribution in [3.63, 3.8) is 0 Å². The number of nitrogens with one attached hydrogen (secondary N) is 2. The zero-order valence-electron chi connectivity index (χ0n) is 11.3. The SMILES string of the molecule is Cc1cccc(CCNC(=O)c2cnc(NN)cn2)c1. The number of carbonyl (C=O) groups excluding carboxylic acids is 1. The number of nitrogens with two attached hydrogens (primary N) is 1. The summed E-state index contributed by atoms with van der Waals surface area (Å²) < 4.78 is 0. The lowest BCUT2D eigenvalue weighted by Crippen LogP contribution is -2.26. The van der Waals surface area contributed by atoms with E-state index in [0.29, 0.717) is 12.4 Å². The van der Waals surface area contributed by atoms with Gasteiger partial charge in [-0.3, -0.25) is 4.79 Å². The van der Waals surface area contributed by atoms with Gasteiger partial charge >= 0.3 is 0 Å². The highest BCUT2D eigenvalue weighted by Gasteiger charge is 2.07. The average molecular weight is 271 g/mol. The van der Waals surface area contributed by atoms with Gasteiger partial charge in [-0.25, -0.2) is 15.8 Å². The van der Waals surface area contributed by atoms with Crippen molar-refractivity contribution in [3.8, 4) is 0 Å². The molecule has 2 rings (SSSR count). The molecule has 0 saturated heterocycles. The Morgan fingerprint density at radius 2 is 2.15 bits per heavy atom. The summed E-state index contributed by atoms with van der Waals surface area (Å²) in [6, 6.07) is 8.20. The maximum absolute atomic E-state index is 11.8. The third-order valence-electron chi connectivity index (χ3n) is 2.81. The Hall–Kier alpha value is -2.47. The van der Waals surface area contributed by atoms with E-state index in [0.717, 1.165) is 6.42 Å². The first-order valence-electron chi connectivity index (χ1n) is 6.31. The molecule has 4 N–H and O–H groups in total. The zero-order valence-corrected chi connectivity index (χ0v) is 11.3. The second-order valence-corrected chi connectivity index (χ2v) is 4.43. The van der Waals surface area contributed by atoms with Gasteiger partial charge < -0.3 is 10.7 Å². The maximum atomic E-state index is 11.8. The number of rotatable bonds is 5. The highest BCUT2D eigenvalue weighted by molar-refractivity contribution is 5.91. The fourth-order valence-corrected chi connectivity index (χ4v) is 1.80. The van der Waals surface area contributed by atoms with Crippen molar-refractivity contribution in [3.05, 3.63) is 53.5 Å². The van der Waals surface area contributed by atoms with Crippen LogP contribution in [0.5, 0.6) is 0 Å². The number of amides is 1. The largest absolute Gasteiger partial charge is 0.350 e. The number of nitrogens with zero attached hydrogens (tertiary/aromatic N) is 2. The molecule has 0 aliphatic heterocycles. The van der Waals surface area contributed by atoms with Gasteiger partial charge in [-0.05, 0) is 18.9 Å². The van der Waals surface area contributed by atoms with Crippen molar-refractivity contribution in [2.45, 2.75) is 13.3 Å². The molecular formula is C14H17N5O. The Morgan fingerprint density at radius 1 is 1.30 bits per heavy atom. The lowest BCUT2D eigenvalue weighted by Gasteiger charge is -2.06. The first-order valence-corrected chi connectivity index (χ1v) is 6.31. The number of benzene rings is 1. The lowest BCUT2D eigenvalue weighted by molar-refractivity contribution is 0.0949. The molecule has 0 aliphatic carbocycles. The van der Waals surface area contributed by atoms with Crippen LogP contribution in [-0.4, -0.2) is 22.4 Å². The summed E-state index contributed by atoms with van der Waals surface area (Å²) in [5.74, 6) is 5.36. The van der Waals surface area contributed by atoms with Crippen molar-refractivity contribution in [2.24, 2.45) is 5.84 Å². The standard InChI is InChI=1S/C14H17N5O/c1-10-3-2-4-11(7-10)5-6-16-14(20)12-8-18-13(19-15)9-17-12/h2-4,7-9H,5-6,15H2,1H3,(H,16,20)(H,18,19). The predicted molar refractivity (Wildman–Crippen MR) is 77.1 cm³/mol. The Labute approximate surface area is 117 Å². The van der Waals surface area contributed by atoms with Crippen LogP contribution in [0.1, 0.15) is 21.6 Å². The molecule has 1 amide bonds. The molecule has 2 aromatic rings. The van der Waals surface area contributed by atoms with Gasteiger partial charge in [-0.15, -0.1) is 0 Å². The molecule has 0 saturated carbocycles. The Morgan fingerprint density at radius 3 is 2.80 bits per heavy atom. The molecular weight excluding hydrogens is 254 g/mol. The summed E-state index contributed by atoms with van der Waals surface area (Å²) in [6.07, 6.45) is 3.58. The van der Waals surface area contributed by atoms with Crippen LogP contribution in [-0.2, 0) is 6.42 Å². The Bertz CT molecular complexity index is 582. The topological polar surface area (TPSA) is 92.9 Å². The quantitative estimate of drug-likeness (QED) is 0.558. The first-order chi connectivity index (χ1) is 9.69. The van der Waals surface area contributed by atoms with Gasteiger partial charge in [-0.1, -0.05) is 29.8 Å². The van der Waals surface area contributed by atoms with Crippen molar-refractivity contribution in [2.75, 3.05) is 12.0 Å². The number of aromatic nitrogens is 2. The van der Waals surface area contributed by atoms with E-state index in [2.05, 4.69) is 26.8 Å². The van der Waals surface area contributed by atoms with Crippen LogP contribution in [0.25, 0.3) is 0 Å². The second kappa shape index (κ2) is 6.63. The van der Waals surface area contributed by atoms with Crippen LogP contribution in [0, 0.1) is 6.92 Å². The van der Waals surface area contributed by atoms with Gasteiger partial charge in [0.15, 0.2) is 5.82 Å². The average Bonchev–Trinajstić information content (AvgIpc) is 2.47. The molecule has 0 atom stereocenters. The van der Waals surface area contributed by atoms with E-state index in [-0.39, 0.29) is 11.6 Å². The monoisotopic (exact) mass is 271 g/mol. The first kappa shape index (κ1) is 14.0. The summed E-state index contributed by atoms with van der Waals surface area (Å²) in [7, 11) is 0. The third kappa shape index (κ3) is 3.76. The minimum absolute atomic E-state index is 0.242. The highest BCUT2D eigenvalue weighted by Crippen LogP contribution is 2.04. The van der Waals surface area contributed by atoms with Gasteiger partial charge in [0.25, 0.3) is 5.91 Å². The molecule has 1 heterocycles. The molecule has 1 aromatic heterocycles. The number of aryl methyl sites for hydroxylation is 1. The van der Waals surface area contributed by atoms with E-state index in [1.807, 2.05) is 25.1 Å². The van der Waals surface area contributed by atoms with E-state index < -0.39 is 0 Å². The van der Waals surface area contributed by atoms with Crippen LogP contribution >= 0.6 is 0 Å². The summed E-state index contributed by atoms with van der Waals surface area (Å²) in [5, 5.41) is 2.81. The minimum atomic E-state index is -0.242. The van der Waals surface area contributed by atoms with Crippen molar-refractivity contribution < 1.29 is 4.79 Å². The normalized spacial score (nSPS) is 10.1. The van der Waals surface area contributed by atoms with Crippen LogP contribution in [0.2, 0.25) is 0 Å². The number of hydrogen-bond acceptors (Lipinski definition) is 5. The van der Waals surface area contributed by atoms with Crippen LogP contribution in [0.4, 0.5) is 5.82 Å². The number of anilines is 1. The number of carbonyl (C=O) groups is 1. The summed E-state index contributed by atoms with van der Waals surface area (Å²) in [6.45, 7) is 2.60. The molecule has 6 heteroatoms. The minimum Gasteiger partial charge on any atom is -0.350 e. The van der Waals surface area contributed by atoms with Crippen molar-refractivity contribution >= 4 is 11.7 Å². The summed E-state index contributed by atoms with van der Waals surface area (Å²) >= 11 is 0. The van der Waals surface area contributed by atoms with Crippen LogP contribution < -0.4 is 16.6 Å². The Kier molecular flexibility index (Phi) is 4.62. The van der Waals surface area contributed by atoms with Crippen molar-refractivity contribution in [1.29, 1.82) is 0 Å².